The number of rotatable bonds is 5. The van der Waals surface area contributed by atoms with Crippen LogP contribution in [0.1, 0.15) is 15.4 Å². The number of amides is 2. The summed E-state index contributed by atoms with van der Waals surface area (Å²) in [6.45, 7) is 1.44. The highest BCUT2D eigenvalue weighted by atomic mass is 32.1. The van der Waals surface area contributed by atoms with Crippen LogP contribution in [0.15, 0.2) is 45.3 Å². The van der Waals surface area contributed by atoms with Crippen molar-refractivity contribution in [2.24, 2.45) is 0 Å². The van der Waals surface area contributed by atoms with Gasteiger partial charge in [0, 0.05) is 0 Å². The van der Waals surface area contributed by atoms with Crippen LogP contribution in [-0.2, 0) is 4.79 Å². The summed E-state index contributed by atoms with van der Waals surface area (Å²) in [4.78, 5) is 54.6. The number of hydrogen-bond donors (Lipinski definition) is 4. The number of fused-ring (bicyclic) bond motifs is 1. The molecule has 0 saturated carbocycles. The molecule has 0 spiro atoms. The zero-order valence-electron chi connectivity index (χ0n) is 15.6. The standard InChI is InChI=1S/C19H15N5O4S2/c1-9-15(30-19(21-9)12-6-3-7-29-12)18(28)20-8-13(25)22-11-5-2-4-10-14(11)17(27)24-23-16(10)26/h2-7H,8H2,1H3,(H,20,28)(H,22,25)(H,23,26)(H,24,27). The van der Waals surface area contributed by atoms with Crippen molar-refractivity contribution in [1.29, 1.82) is 0 Å². The molecule has 9 nitrogen and oxygen atoms in total. The van der Waals surface area contributed by atoms with Crippen LogP contribution in [0.4, 0.5) is 5.69 Å². The van der Waals surface area contributed by atoms with Gasteiger partial charge in [-0.05, 0) is 30.5 Å². The largest absolute Gasteiger partial charge is 0.342 e. The van der Waals surface area contributed by atoms with E-state index < -0.39 is 22.9 Å². The number of thiophene rings is 1. The number of carbonyl (C=O) groups is 2. The Bertz CT molecular complexity index is 1370. The van der Waals surface area contributed by atoms with Crippen molar-refractivity contribution in [3.8, 4) is 9.88 Å². The molecule has 0 bridgehead atoms. The number of thiazole rings is 1. The van der Waals surface area contributed by atoms with Gasteiger partial charge < -0.3 is 10.6 Å². The van der Waals surface area contributed by atoms with Crippen molar-refractivity contribution in [3.63, 3.8) is 0 Å². The minimum absolute atomic E-state index is 0.0693. The highest BCUT2D eigenvalue weighted by molar-refractivity contribution is 7.22. The van der Waals surface area contributed by atoms with E-state index in [0.29, 0.717) is 10.6 Å². The number of aryl methyl sites for hydroxylation is 1. The molecule has 0 radical (unpaired) electrons. The topological polar surface area (TPSA) is 137 Å². The highest BCUT2D eigenvalue weighted by Gasteiger charge is 2.18. The molecule has 4 rings (SSSR count). The van der Waals surface area contributed by atoms with E-state index in [1.807, 2.05) is 17.5 Å². The van der Waals surface area contributed by atoms with E-state index in [9.17, 15) is 19.2 Å². The van der Waals surface area contributed by atoms with Gasteiger partial charge in [0.05, 0.1) is 33.6 Å². The van der Waals surface area contributed by atoms with Gasteiger partial charge in [-0.25, -0.2) is 4.98 Å². The lowest BCUT2D eigenvalue weighted by Crippen LogP contribution is -2.33. The summed E-state index contributed by atoms with van der Waals surface area (Å²) in [5.41, 5.74) is -0.240. The van der Waals surface area contributed by atoms with Gasteiger partial charge in [-0.1, -0.05) is 12.1 Å². The van der Waals surface area contributed by atoms with Crippen LogP contribution in [-0.4, -0.2) is 33.5 Å². The minimum Gasteiger partial charge on any atom is -0.342 e. The first-order chi connectivity index (χ1) is 14.4. The fourth-order valence-electron chi connectivity index (χ4n) is 2.88. The molecule has 0 saturated heterocycles. The van der Waals surface area contributed by atoms with Crippen molar-refractivity contribution in [3.05, 3.63) is 67.0 Å². The molecular formula is C19H15N5O4S2. The number of hydrogen-bond acceptors (Lipinski definition) is 7. The third-order valence-electron chi connectivity index (χ3n) is 4.24. The Kier molecular flexibility index (Phi) is 5.29. The molecule has 0 atom stereocenters. The van der Waals surface area contributed by atoms with E-state index in [1.54, 1.807) is 13.0 Å². The van der Waals surface area contributed by atoms with E-state index in [1.165, 1.54) is 34.8 Å². The number of carbonyl (C=O) groups excluding carboxylic acids is 2. The van der Waals surface area contributed by atoms with Crippen LogP contribution in [0.25, 0.3) is 20.7 Å². The molecule has 11 heteroatoms. The first-order valence-electron chi connectivity index (χ1n) is 8.77. The van der Waals surface area contributed by atoms with Gasteiger partial charge in [0.2, 0.25) is 5.91 Å². The second kappa shape index (κ2) is 8.05. The molecule has 0 fully saturated rings. The number of aromatic nitrogens is 3. The Balaban J connectivity index is 1.47. The Morgan fingerprint density at radius 3 is 2.67 bits per heavy atom. The first-order valence-corrected chi connectivity index (χ1v) is 10.5. The highest BCUT2D eigenvalue weighted by Crippen LogP contribution is 2.30. The van der Waals surface area contributed by atoms with Crippen molar-refractivity contribution in [1.82, 2.24) is 20.5 Å². The van der Waals surface area contributed by atoms with Gasteiger partial charge in [0.1, 0.15) is 9.88 Å². The molecule has 3 aromatic heterocycles. The summed E-state index contributed by atoms with van der Waals surface area (Å²) in [6, 6.07) is 8.38. The normalized spacial score (nSPS) is 10.8. The first kappa shape index (κ1) is 19.7. The molecule has 2 amide bonds. The Morgan fingerprint density at radius 1 is 1.10 bits per heavy atom. The maximum atomic E-state index is 12.5. The van der Waals surface area contributed by atoms with Crippen LogP contribution >= 0.6 is 22.7 Å². The number of anilines is 1. The number of nitrogens with one attached hydrogen (secondary N) is 4. The predicted molar refractivity (Wildman–Crippen MR) is 116 cm³/mol. The molecule has 3 heterocycles. The maximum absolute atomic E-state index is 12.5. The van der Waals surface area contributed by atoms with Gasteiger partial charge in [-0.15, -0.1) is 22.7 Å². The van der Waals surface area contributed by atoms with E-state index in [2.05, 4.69) is 25.8 Å². The molecular weight excluding hydrogens is 426 g/mol. The fourth-order valence-corrected chi connectivity index (χ4v) is 4.66. The number of aromatic amines is 2. The van der Waals surface area contributed by atoms with Crippen LogP contribution in [0.5, 0.6) is 0 Å². The maximum Gasteiger partial charge on any atom is 0.272 e. The zero-order valence-corrected chi connectivity index (χ0v) is 17.2. The van der Waals surface area contributed by atoms with Crippen molar-refractivity contribution < 1.29 is 9.59 Å². The van der Waals surface area contributed by atoms with Gasteiger partial charge in [-0.3, -0.25) is 29.4 Å². The summed E-state index contributed by atoms with van der Waals surface area (Å²) in [5.74, 6) is -0.939. The van der Waals surface area contributed by atoms with Crippen LogP contribution in [0.3, 0.4) is 0 Å². The summed E-state index contributed by atoms with van der Waals surface area (Å²) in [6.07, 6.45) is 0. The predicted octanol–water partition coefficient (Wildman–Crippen LogP) is 2.08. The average Bonchev–Trinajstić information content (AvgIpc) is 3.39. The molecule has 152 valence electrons. The third kappa shape index (κ3) is 3.80. The van der Waals surface area contributed by atoms with Gasteiger partial charge >= 0.3 is 0 Å². The second-order valence-electron chi connectivity index (χ2n) is 6.28. The smallest absolute Gasteiger partial charge is 0.272 e. The number of nitrogens with zero attached hydrogens (tertiary/aromatic N) is 1. The van der Waals surface area contributed by atoms with Crippen LogP contribution in [0, 0.1) is 6.92 Å². The molecule has 0 aliphatic heterocycles. The van der Waals surface area contributed by atoms with Crippen molar-refractivity contribution >= 4 is 50.9 Å². The van der Waals surface area contributed by atoms with Gasteiger partial charge in [0.25, 0.3) is 17.0 Å². The monoisotopic (exact) mass is 441 g/mol. The molecule has 0 aliphatic rings. The van der Waals surface area contributed by atoms with Crippen LogP contribution < -0.4 is 21.8 Å². The SMILES string of the molecule is Cc1nc(-c2cccs2)sc1C(=O)NCC(=O)Nc1cccc2c(=O)[nH][nH]c(=O)c12. The van der Waals surface area contributed by atoms with Crippen molar-refractivity contribution in [2.45, 2.75) is 6.92 Å². The lowest BCUT2D eigenvalue weighted by molar-refractivity contribution is -0.115. The van der Waals surface area contributed by atoms with Gasteiger partial charge in [-0.2, -0.15) is 0 Å². The molecule has 0 aliphatic carbocycles. The Morgan fingerprint density at radius 2 is 1.90 bits per heavy atom. The molecule has 4 aromatic rings. The Labute approximate surface area is 176 Å². The lowest BCUT2D eigenvalue weighted by atomic mass is 10.1. The lowest BCUT2D eigenvalue weighted by Gasteiger charge is -2.08. The number of benzene rings is 1. The van der Waals surface area contributed by atoms with Crippen LogP contribution in [0.2, 0.25) is 0 Å². The average molecular weight is 441 g/mol. The molecule has 1 aromatic carbocycles. The summed E-state index contributed by atoms with van der Waals surface area (Å²) < 4.78 is 0. The van der Waals surface area contributed by atoms with E-state index >= 15 is 0 Å². The Hall–Kier alpha value is -3.57. The molecule has 30 heavy (non-hydrogen) atoms. The summed E-state index contributed by atoms with van der Waals surface area (Å²) >= 11 is 2.79. The number of H-pyrrole nitrogens is 2. The van der Waals surface area contributed by atoms with Crippen molar-refractivity contribution in [2.75, 3.05) is 11.9 Å². The van der Waals surface area contributed by atoms with Gasteiger partial charge in [0.15, 0.2) is 0 Å². The molecule has 0 unspecified atom stereocenters. The fraction of sp³-hybridized carbons (Fsp3) is 0.105. The second-order valence-corrected chi connectivity index (χ2v) is 8.22. The quantitative estimate of drug-likeness (QED) is 0.376. The zero-order chi connectivity index (χ0) is 21.3. The summed E-state index contributed by atoms with van der Waals surface area (Å²) in [7, 11) is 0. The van der Waals surface area contributed by atoms with E-state index in [4.69, 9.17) is 0 Å². The minimum atomic E-state index is -0.536. The third-order valence-corrected chi connectivity index (χ3v) is 6.44. The molecule has 4 N–H and O–H groups in total. The van der Waals surface area contributed by atoms with E-state index in [0.717, 1.165) is 9.88 Å². The van der Waals surface area contributed by atoms with E-state index in [-0.39, 0.29) is 23.0 Å². The summed E-state index contributed by atoms with van der Waals surface area (Å²) in [5, 5.41) is 12.5.